The van der Waals surface area contributed by atoms with Crippen molar-refractivity contribution < 1.29 is 13.9 Å². The molecular formula is C27H30FN3O2. The van der Waals surface area contributed by atoms with Gasteiger partial charge in [-0.3, -0.25) is 4.79 Å². The SMILES string of the molecule is CC.COc1ccccc1-c1c[nH]c2ncc(-c3ccc(F)c(C(=O)N(C)C(C)C)c3)cc12. The van der Waals surface area contributed by atoms with Crippen molar-refractivity contribution in [1.29, 1.82) is 0 Å². The van der Waals surface area contributed by atoms with E-state index in [9.17, 15) is 9.18 Å². The van der Waals surface area contributed by atoms with Crippen LogP contribution in [0.5, 0.6) is 5.75 Å². The second-order valence-corrected chi connectivity index (χ2v) is 7.73. The quantitative estimate of drug-likeness (QED) is 0.377. The Balaban J connectivity index is 0.00000149. The van der Waals surface area contributed by atoms with E-state index < -0.39 is 5.82 Å². The fourth-order valence-electron chi connectivity index (χ4n) is 3.54. The first-order valence-electron chi connectivity index (χ1n) is 11.1. The summed E-state index contributed by atoms with van der Waals surface area (Å²) in [5.41, 5.74) is 4.21. The molecule has 0 aliphatic rings. The summed E-state index contributed by atoms with van der Waals surface area (Å²) < 4.78 is 20.0. The number of nitrogens with zero attached hydrogens (tertiary/aromatic N) is 2. The summed E-state index contributed by atoms with van der Waals surface area (Å²) in [6, 6.07) is 14.3. The molecule has 0 saturated carbocycles. The van der Waals surface area contributed by atoms with Crippen molar-refractivity contribution in [3.05, 3.63) is 72.3 Å². The number of carbonyl (C=O) groups excluding carboxylic acids is 1. The number of benzene rings is 2. The molecular weight excluding hydrogens is 417 g/mol. The average molecular weight is 448 g/mol. The number of carbonyl (C=O) groups is 1. The van der Waals surface area contributed by atoms with Gasteiger partial charge in [0.05, 0.1) is 12.7 Å². The maximum atomic E-state index is 14.4. The summed E-state index contributed by atoms with van der Waals surface area (Å²) in [7, 11) is 3.31. The lowest BCUT2D eigenvalue weighted by Gasteiger charge is -2.22. The van der Waals surface area contributed by atoms with Crippen LogP contribution in [-0.2, 0) is 0 Å². The second-order valence-electron chi connectivity index (χ2n) is 7.73. The van der Waals surface area contributed by atoms with Crippen molar-refractivity contribution in [2.75, 3.05) is 14.2 Å². The predicted octanol–water partition coefficient (Wildman–Crippen LogP) is 6.55. The van der Waals surface area contributed by atoms with Crippen LogP contribution in [0.2, 0.25) is 0 Å². The molecule has 1 N–H and O–H groups in total. The number of para-hydroxylation sites is 1. The number of methoxy groups -OCH3 is 1. The number of aromatic amines is 1. The molecule has 33 heavy (non-hydrogen) atoms. The zero-order valence-electron chi connectivity index (χ0n) is 19.9. The largest absolute Gasteiger partial charge is 0.496 e. The minimum Gasteiger partial charge on any atom is -0.496 e. The van der Waals surface area contributed by atoms with Gasteiger partial charge in [0.25, 0.3) is 5.91 Å². The molecule has 0 radical (unpaired) electrons. The molecule has 4 aromatic rings. The Kier molecular flexibility index (Phi) is 7.48. The van der Waals surface area contributed by atoms with Crippen molar-refractivity contribution in [1.82, 2.24) is 14.9 Å². The van der Waals surface area contributed by atoms with E-state index >= 15 is 0 Å². The van der Waals surface area contributed by atoms with E-state index in [2.05, 4.69) is 9.97 Å². The van der Waals surface area contributed by atoms with Crippen LogP contribution in [0.1, 0.15) is 38.1 Å². The molecule has 2 aromatic carbocycles. The van der Waals surface area contributed by atoms with Crippen LogP contribution in [0.3, 0.4) is 0 Å². The van der Waals surface area contributed by atoms with Crippen LogP contribution in [0.15, 0.2) is 60.9 Å². The van der Waals surface area contributed by atoms with Gasteiger partial charge < -0.3 is 14.6 Å². The van der Waals surface area contributed by atoms with Crippen LogP contribution in [0.25, 0.3) is 33.3 Å². The zero-order chi connectivity index (χ0) is 24.1. The molecule has 5 nitrogen and oxygen atoms in total. The lowest BCUT2D eigenvalue weighted by molar-refractivity contribution is 0.0750. The van der Waals surface area contributed by atoms with E-state index in [-0.39, 0.29) is 17.5 Å². The smallest absolute Gasteiger partial charge is 0.256 e. The molecule has 2 heterocycles. The molecule has 0 bridgehead atoms. The standard InChI is InChI=1S/C25H24FN3O2.C2H6/c1-15(2)29(3)25(30)20-11-16(9-10-22(20)26)17-12-19-21(14-28-24(19)27-13-17)18-7-5-6-8-23(18)31-4;1-2/h5-15H,1-4H3,(H,27,28);1-2H3. The normalized spacial score (nSPS) is 10.7. The second kappa shape index (κ2) is 10.3. The minimum absolute atomic E-state index is 0.0307. The molecule has 0 fully saturated rings. The maximum Gasteiger partial charge on any atom is 0.256 e. The number of nitrogens with one attached hydrogen (secondary N) is 1. The molecule has 1 amide bonds. The van der Waals surface area contributed by atoms with Gasteiger partial charge in [0, 0.05) is 47.6 Å². The number of ether oxygens (including phenoxy) is 1. The van der Waals surface area contributed by atoms with E-state index in [1.54, 1.807) is 32.5 Å². The van der Waals surface area contributed by atoms with Crippen molar-refractivity contribution in [2.45, 2.75) is 33.7 Å². The number of H-pyrrole nitrogens is 1. The van der Waals surface area contributed by atoms with Gasteiger partial charge in [0.15, 0.2) is 0 Å². The summed E-state index contributed by atoms with van der Waals surface area (Å²) in [6.45, 7) is 7.78. The fourth-order valence-corrected chi connectivity index (χ4v) is 3.54. The van der Waals surface area contributed by atoms with Crippen LogP contribution in [0.4, 0.5) is 4.39 Å². The minimum atomic E-state index is -0.536. The summed E-state index contributed by atoms with van der Waals surface area (Å²) in [5.74, 6) is -0.119. The van der Waals surface area contributed by atoms with E-state index in [0.29, 0.717) is 0 Å². The van der Waals surface area contributed by atoms with Crippen molar-refractivity contribution in [3.8, 4) is 28.0 Å². The summed E-state index contributed by atoms with van der Waals surface area (Å²) in [6.07, 6.45) is 3.62. The van der Waals surface area contributed by atoms with Gasteiger partial charge >= 0.3 is 0 Å². The first-order chi connectivity index (χ1) is 15.9. The lowest BCUT2D eigenvalue weighted by Crippen LogP contribution is -2.33. The Hall–Kier alpha value is -3.67. The molecule has 0 saturated heterocycles. The highest BCUT2D eigenvalue weighted by molar-refractivity contribution is 5.98. The van der Waals surface area contributed by atoms with Crippen LogP contribution < -0.4 is 4.74 Å². The van der Waals surface area contributed by atoms with E-state index in [4.69, 9.17) is 4.74 Å². The number of rotatable bonds is 5. The summed E-state index contributed by atoms with van der Waals surface area (Å²) in [4.78, 5) is 22.0. The number of hydrogen-bond acceptors (Lipinski definition) is 3. The average Bonchev–Trinajstić information content (AvgIpc) is 3.27. The lowest BCUT2D eigenvalue weighted by atomic mass is 10.00. The van der Waals surface area contributed by atoms with Crippen LogP contribution >= 0.6 is 0 Å². The molecule has 0 aliphatic carbocycles. The monoisotopic (exact) mass is 447 g/mol. The van der Waals surface area contributed by atoms with Gasteiger partial charge in [-0.25, -0.2) is 9.37 Å². The van der Waals surface area contributed by atoms with Crippen molar-refractivity contribution >= 4 is 16.9 Å². The van der Waals surface area contributed by atoms with Gasteiger partial charge in [-0.05, 0) is 43.7 Å². The number of halogens is 1. The highest BCUT2D eigenvalue weighted by atomic mass is 19.1. The van der Waals surface area contributed by atoms with E-state index in [0.717, 1.165) is 39.0 Å². The van der Waals surface area contributed by atoms with Gasteiger partial charge in [-0.1, -0.05) is 38.1 Å². The Morgan fingerprint density at radius 1 is 1.06 bits per heavy atom. The van der Waals surface area contributed by atoms with Crippen LogP contribution in [-0.4, -0.2) is 41.0 Å². The van der Waals surface area contributed by atoms with E-state index in [1.165, 1.54) is 11.0 Å². The molecule has 6 heteroatoms. The number of amides is 1. The third kappa shape index (κ3) is 4.75. The molecule has 2 aromatic heterocycles. The Morgan fingerprint density at radius 3 is 2.48 bits per heavy atom. The fraction of sp³-hybridized carbons (Fsp3) is 0.259. The van der Waals surface area contributed by atoms with Crippen molar-refractivity contribution in [3.63, 3.8) is 0 Å². The Morgan fingerprint density at radius 2 is 1.79 bits per heavy atom. The first-order valence-corrected chi connectivity index (χ1v) is 11.1. The summed E-state index contributed by atoms with van der Waals surface area (Å²) in [5, 5.41) is 0.915. The summed E-state index contributed by atoms with van der Waals surface area (Å²) >= 11 is 0. The zero-order valence-corrected chi connectivity index (χ0v) is 19.9. The third-order valence-corrected chi connectivity index (χ3v) is 5.55. The molecule has 0 atom stereocenters. The number of fused-ring (bicyclic) bond motifs is 1. The highest BCUT2D eigenvalue weighted by Crippen LogP contribution is 2.36. The third-order valence-electron chi connectivity index (χ3n) is 5.55. The first kappa shape index (κ1) is 24.0. The predicted molar refractivity (Wildman–Crippen MR) is 132 cm³/mol. The topological polar surface area (TPSA) is 58.2 Å². The van der Waals surface area contributed by atoms with Gasteiger partial charge in [-0.15, -0.1) is 0 Å². The number of hydrogen-bond donors (Lipinski definition) is 1. The van der Waals surface area contributed by atoms with E-state index in [1.807, 2.05) is 64.2 Å². The van der Waals surface area contributed by atoms with Crippen molar-refractivity contribution in [2.24, 2.45) is 0 Å². The highest BCUT2D eigenvalue weighted by Gasteiger charge is 2.20. The molecule has 0 unspecified atom stereocenters. The van der Waals surface area contributed by atoms with Crippen LogP contribution in [0, 0.1) is 5.82 Å². The number of pyridine rings is 1. The molecule has 172 valence electrons. The van der Waals surface area contributed by atoms with Gasteiger partial charge in [0.1, 0.15) is 17.2 Å². The number of aromatic nitrogens is 2. The maximum absolute atomic E-state index is 14.4. The molecule has 4 rings (SSSR count). The Labute approximate surface area is 194 Å². The Bertz CT molecular complexity index is 1260. The van der Waals surface area contributed by atoms with Gasteiger partial charge in [0.2, 0.25) is 0 Å². The molecule has 0 aliphatic heterocycles. The van der Waals surface area contributed by atoms with Gasteiger partial charge in [-0.2, -0.15) is 0 Å². The molecule has 0 spiro atoms.